The van der Waals surface area contributed by atoms with E-state index in [4.69, 9.17) is 4.74 Å². The number of hydrogen-bond donors (Lipinski definition) is 1. The van der Waals surface area contributed by atoms with Gasteiger partial charge in [0.15, 0.2) is 0 Å². The zero-order valence-corrected chi connectivity index (χ0v) is 9.78. The Morgan fingerprint density at radius 1 is 1.19 bits per heavy atom. The summed E-state index contributed by atoms with van der Waals surface area (Å²) in [5, 5.41) is 3.46. The van der Waals surface area contributed by atoms with E-state index in [1.54, 1.807) is 7.11 Å². The van der Waals surface area contributed by atoms with Crippen molar-refractivity contribution in [2.24, 2.45) is 0 Å². The minimum atomic E-state index is 0.558. The van der Waals surface area contributed by atoms with Gasteiger partial charge in [-0.15, -0.1) is 0 Å². The average molecular weight is 221 g/mol. The Labute approximate surface area is 96.4 Å². The van der Waals surface area contributed by atoms with E-state index in [1.807, 2.05) is 6.07 Å². The standard InChI is InChI=1S/C12H19N3O/c1-16-12-8-11(13-9-14-12)15-10-6-4-2-3-5-7-10/h8-10H,2-7H2,1H3,(H,13,14,15). The quantitative estimate of drug-likeness (QED) is 0.797. The van der Waals surface area contributed by atoms with Crippen molar-refractivity contribution >= 4 is 5.82 Å². The average Bonchev–Trinajstić information content (AvgIpc) is 2.58. The molecule has 0 amide bonds. The van der Waals surface area contributed by atoms with E-state index in [0.29, 0.717) is 11.9 Å². The predicted octanol–water partition coefficient (Wildman–Crippen LogP) is 2.62. The van der Waals surface area contributed by atoms with Crippen molar-refractivity contribution in [3.05, 3.63) is 12.4 Å². The minimum Gasteiger partial charge on any atom is -0.481 e. The third kappa shape index (κ3) is 3.08. The Bertz CT molecular complexity index is 322. The molecule has 0 atom stereocenters. The Morgan fingerprint density at radius 3 is 2.62 bits per heavy atom. The van der Waals surface area contributed by atoms with Crippen molar-refractivity contribution in [2.75, 3.05) is 12.4 Å². The molecule has 88 valence electrons. The molecule has 16 heavy (non-hydrogen) atoms. The number of ether oxygens (including phenoxy) is 1. The van der Waals surface area contributed by atoms with Crippen LogP contribution in [-0.2, 0) is 0 Å². The second-order valence-electron chi connectivity index (χ2n) is 4.28. The minimum absolute atomic E-state index is 0.558. The van der Waals surface area contributed by atoms with Gasteiger partial charge in [-0.3, -0.25) is 0 Å². The maximum atomic E-state index is 5.08. The van der Waals surface area contributed by atoms with E-state index < -0.39 is 0 Å². The van der Waals surface area contributed by atoms with Crippen LogP contribution in [0.1, 0.15) is 38.5 Å². The fourth-order valence-corrected chi connectivity index (χ4v) is 2.16. The van der Waals surface area contributed by atoms with Crippen LogP contribution in [0.25, 0.3) is 0 Å². The molecule has 4 nitrogen and oxygen atoms in total. The Hall–Kier alpha value is -1.32. The molecule has 0 bridgehead atoms. The third-order valence-corrected chi connectivity index (χ3v) is 3.06. The van der Waals surface area contributed by atoms with Gasteiger partial charge in [0.1, 0.15) is 12.1 Å². The van der Waals surface area contributed by atoms with Crippen LogP contribution in [0.15, 0.2) is 12.4 Å². The van der Waals surface area contributed by atoms with Crippen molar-refractivity contribution < 1.29 is 4.74 Å². The predicted molar refractivity (Wildman–Crippen MR) is 63.7 cm³/mol. The molecular weight excluding hydrogens is 202 g/mol. The largest absolute Gasteiger partial charge is 0.481 e. The van der Waals surface area contributed by atoms with Crippen LogP contribution >= 0.6 is 0 Å². The zero-order chi connectivity index (χ0) is 11.2. The van der Waals surface area contributed by atoms with Gasteiger partial charge >= 0.3 is 0 Å². The number of anilines is 1. The maximum Gasteiger partial charge on any atom is 0.218 e. The highest BCUT2D eigenvalue weighted by Crippen LogP contribution is 2.21. The monoisotopic (exact) mass is 221 g/mol. The van der Waals surface area contributed by atoms with E-state index in [0.717, 1.165) is 5.82 Å². The molecule has 0 radical (unpaired) electrons. The molecule has 0 saturated heterocycles. The second-order valence-corrected chi connectivity index (χ2v) is 4.28. The van der Waals surface area contributed by atoms with Crippen LogP contribution in [0.5, 0.6) is 5.88 Å². The number of rotatable bonds is 3. The van der Waals surface area contributed by atoms with Crippen molar-refractivity contribution in [2.45, 2.75) is 44.6 Å². The molecule has 1 aromatic rings. The highest BCUT2D eigenvalue weighted by molar-refractivity contribution is 5.38. The van der Waals surface area contributed by atoms with Gasteiger partial charge in [-0.2, -0.15) is 0 Å². The van der Waals surface area contributed by atoms with Crippen LogP contribution in [0.4, 0.5) is 5.82 Å². The summed E-state index contributed by atoms with van der Waals surface area (Å²) in [7, 11) is 1.62. The smallest absolute Gasteiger partial charge is 0.218 e. The van der Waals surface area contributed by atoms with E-state index in [2.05, 4.69) is 15.3 Å². The molecule has 0 spiro atoms. The number of nitrogens with one attached hydrogen (secondary N) is 1. The molecule has 1 saturated carbocycles. The molecule has 2 rings (SSSR count). The van der Waals surface area contributed by atoms with Gasteiger partial charge < -0.3 is 10.1 Å². The van der Waals surface area contributed by atoms with Gasteiger partial charge in [-0.25, -0.2) is 9.97 Å². The van der Waals surface area contributed by atoms with Gasteiger partial charge in [0.05, 0.1) is 7.11 Å². The summed E-state index contributed by atoms with van der Waals surface area (Å²) in [4.78, 5) is 8.21. The lowest BCUT2D eigenvalue weighted by atomic mass is 10.1. The lowest BCUT2D eigenvalue weighted by molar-refractivity contribution is 0.397. The van der Waals surface area contributed by atoms with Crippen LogP contribution < -0.4 is 10.1 Å². The summed E-state index contributed by atoms with van der Waals surface area (Å²) >= 11 is 0. The van der Waals surface area contributed by atoms with Crippen molar-refractivity contribution in [3.8, 4) is 5.88 Å². The van der Waals surface area contributed by atoms with Gasteiger partial charge in [-0.1, -0.05) is 25.7 Å². The van der Waals surface area contributed by atoms with E-state index in [9.17, 15) is 0 Å². The van der Waals surface area contributed by atoms with E-state index >= 15 is 0 Å². The molecular formula is C12H19N3O. The molecule has 0 aliphatic heterocycles. The SMILES string of the molecule is COc1cc(NC2CCCCCC2)ncn1. The first kappa shape index (κ1) is 11.2. The molecule has 1 N–H and O–H groups in total. The van der Waals surface area contributed by atoms with Gasteiger partial charge in [0.25, 0.3) is 0 Å². The number of hydrogen-bond acceptors (Lipinski definition) is 4. The Balaban J connectivity index is 1.96. The molecule has 0 aromatic carbocycles. The lowest BCUT2D eigenvalue weighted by Crippen LogP contribution is -2.19. The molecule has 1 fully saturated rings. The van der Waals surface area contributed by atoms with Crippen molar-refractivity contribution in [1.82, 2.24) is 9.97 Å². The summed E-state index contributed by atoms with van der Waals surface area (Å²) in [6.07, 6.45) is 9.40. The highest BCUT2D eigenvalue weighted by Gasteiger charge is 2.12. The van der Waals surface area contributed by atoms with Crippen LogP contribution in [0.2, 0.25) is 0 Å². The fraction of sp³-hybridized carbons (Fsp3) is 0.667. The fourth-order valence-electron chi connectivity index (χ4n) is 2.16. The van der Waals surface area contributed by atoms with Gasteiger partial charge in [-0.05, 0) is 12.8 Å². The molecule has 1 aromatic heterocycles. The molecule has 1 aliphatic rings. The first-order chi connectivity index (χ1) is 7.88. The molecule has 1 heterocycles. The summed E-state index contributed by atoms with van der Waals surface area (Å²) < 4.78 is 5.08. The molecule has 1 aliphatic carbocycles. The van der Waals surface area contributed by atoms with E-state index in [-0.39, 0.29) is 0 Å². The summed E-state index contributed by atoms with van der Waals surface area (Å²) in [6, 6.07) is 2.41. The third-order valence-electron chi connectivity index (χ3n) is 3.06. The van der Waals surface area contributed by atoms with Crippen molar-refractivity contribution in [1.29, 1.82) is 0 Å². The van der Waals surface area contributed by atoms with Crippen LogP contribution in [-0.4, -0.2) is 23.1 Å². The van der Waals surface area contributed by atoms with Crippen LogP contribution in [0, 0.1) is 0 Å². The second kappa shape index (κ2) is 5.68. The summed E-state index contributed by atoms with van der Waals surface area (Å²) in [5.41, 5.74) is 0. The summed E-state index contributed by atoms with van der Waals surface area (Å²) in [6.45, 7) is 0. The number of nitrogens with zero attached hydrogens (tertiary/aromatic N) is 2. The highest BCUT2D eigenvalue weighted by atomic mass is 16.5. The zero-order valence-electron chi connectivity index (χ0n) is 9.78. The van der Waals surface area contributed by atoms with E-state index in [1.165, 1.54) is 44.9 Å². The van der Waals surface area contributed by atoms with Gasteiger partial charge in [0, 0.05) is 12.1 Å². The van der Waals surface area contributed by atoms with Crippen molar-refractivity contribution in [3.63, 3.8) is 0 Å². The lowest BCUT2D eigenvalue weighted by Gasteiger charge is -2.16. The Morgan fingerprint density at radius 2 is 1.94 bits per heavy atom. The molecule has 0 unspecified atom stereocenters. The normalized spacial score (nSPS) is 17.8. The maximum absolute atomic E-state index is 5.08. The van der Waals surface area contributed by atoms with Gasteiger partial charge in [0.2, 0.25) is 5.88 Å². The number of aromatic nitrogens is 2. The van der Waals surface area contributed by atoms with Crippen LogP contribution in [0.3, 0.4) is 0 Å². The first-order valence-electron chi connectivity index (χ1n) is 6.01. The first-order valence-corrected chi connectivity index (χ1v) is 6.01. The molecule has 4 heteroatoms. The number of methoxy groups -OCH3 is 1. The summed E-state index contributed by atoms with van der Waals surface area (Å²) in [5.74, 6) is 1.49. The Kier molecular flexibility index (Phi) is 3.97. The topological polar surface area (TPSA) is 47.0 Å².